The number of nitrogens with zero attached hydrogens (tertiary/aromatic N) is 3. The van der Waals surface area contributed by atoms with Crippen LogP contribution in [-0.4, -0.2) is 26.9 Å². The van der Waals surface area contributed by atoms with Crippen LogP contribution in [0.4, 0.5) is 5.95 Å². The molecule has 0 amide bonds. The van der Waals surface area contributed by atoms with E-state index in [4.69, 9.17) is 10.3 Å². The third-order valence-electron chi connectivity index (χ3n) is 1.69. The van der Waals surface area contributed by atoms with Gasteiger partial charge in [0.15, 0.2) is 5.65 Å². The van der Waals surface area contributed by atoms with Gasteiger partial charge in [0.2, 0.25) is 5.95 Å². The molecule has 9 heteroatoms. The number of fused-ring (bicyclic) bond motifs is 1. The SMILES string of the molecule is Nc1nc2ccc(Br)nc2n1S(=O)(=O)O. The molecule has 2 rings (SSSR count). The van der Waals surface area contributed by atoms with E-state index in [1.54, 1.807) is 6.07 Å². The molecule has 3 N–H and O–H groups in total. The van der Waals surface area contributed by atoms with Crippen molar-refractivity contribution in [2.24, 2.45) is 0 Å². The van der Waals surface area contributed by atoms with E-state index in [9.17, 15) is 8.42 Å². The number of pyridine rings is 1. The molecule has 2 aromatic heterocycles. The third kappa shape index (κ3) is 1.68. The summed E-state index contributed by atoms with van der Waals surface area (Å²) in [5.41, 5.74) is 5.61. The second kappa shape index (κ2) is 3.15. The fourth-order valence-electron chi connectivity index (χ4n) is 1.16. The molecule has 0 unspecified atom stereocenters. The first-order chi connectivity index (χ1) is 6.89. The van der Waals surface area contributed by atoms with Gasteiger partial charge in [0, 0.05) is 0 Å². The zero-order chi connectivity index (χ0) is 11.2. The molecule has 0 fully saturated rings. The third-order valence-corrected chi connectivity index (χ3v) is 2.95. The standard InChI is InChI=1S/C6H5BrN4O3S/c7-4-2-1-3-5(10-4)11(6(8)9-3)15(12,13)14/h1-2H,(H2,8,9)(H,12,13,14). The zero-order valence-electron chi connectivity index (χ0n) is 7.12. The lowest BCUT2D eigenvalue weighted by Crippen LogP contribution is -2.14. The Hall–Kier alpha value is -1.19. The number of hydrogen-bond donors (Lipinski definition) is 2. The van der Waals surface area contributed by atoms with Crippen LogP contribution in [0.3, 0.4) is 0 Å². The van der Waals surface area contributed by atoms with Crippen molar-refractivity contribution < 1.29 is 13.0 Å². The van der Waals surface area contributed by atoms with E-state index in [-0.39, 0.29) is 17.1 Å². The van der Waals surface area contributed by atoms with Crippen molar-refractivity contribution in [2.75, 3.05) is 5.73 Å². The maximum atomic E-state index is 11.0. The summed E-state index contributed by atoms with van der Waals surface area (Å²) in [5, 5.41) is 0. The average Bonchev–Trinajstić information content (AvgIpc) is 2.38. The quantitative estimate of drug-likeness (QED) is 0.582. The summed E-state index contributed by atoms with van der Waals surface area (Å²) in [4.78, 5) is 7.60. The van der Waals surface area contributed by atoms with Crippen LogP contribution < -0.4 is 5.73 Å². The minimum Gasteiger partial charge on any atom is -0.368 e. The van der Waals surface area contributed by atoms with Gasteiger partial charge in [0.05, 0.1) is 0 Å². The minimum absolute atomic E-state index is 0.0237. The molecule has 80 valence electrons. The predicted octanol–water partition coefficient (Wildman–Crippen LogP) is 0.427. The Morgan fingerprint density at radius 2 is 2.07 bits per heavy atom. The zero-order valence-corrected chi connectivity index (χ0v) is 9.53. The number of rotatable bonds is 1. The van der Waals surface area contributed by atoms with E-state index in [2.05, 4.69) is 25.9 Å². The van der Waals surface area contributed by atoms with Crippen LogP contribution in [0.1, 0.15) is 0 Å². The van der Waals surface area contributed by atoms with Crippen LogP contribution in [0.25, 0.3) is 11.2 Å². The van der Waals surface area contributed by atoms with Crippen LogP contribution in [0, 0.1) is 0 Å². The Kier molecular flexibility index (Phi) is 2.17. The van der Waals surface area contributed by atoms with Gasteiger partial charge in [-0.1, -0.05) is 0 Å². The maximum Gasteiger partial charge on any atom is 0.368 e. The molecule has 0 bridgehead atoms. The number of nitrogens with two attached hydrogens (primary N) is 1. The average molecular weight is 293 g/mol. The molecule has 0 aliphatic heterocycles. The molecule has 0 spiro atoms. The van der Waals surface area contributed by atoms with Gasteiger partial charge < -0.3 is 5.73 Å². The van der Waals surface area contributed by atoms with Gasteiger partial charge in [-0.15, -0.1) is 0 Å². The lowest BCUT2D eigenvalue weighted by molar-refractivity contribution is 0.474. The number of nitrogen functional groups attached to an aromatic ring is 1. The summed E-state index contributed by atoms with van der Waals surface area (Å²) in [6.07, 6.45) is 0. The van der Waals surface area contributed by atoms with Gasteiger partial charge in [-0.3, -0.25) is 4.55 Å². The van der Waals surface area contributed by atoms with Crippen LogP contribution >= 0.6 is 15.9 Å². The number of halogens is 1. The van der Waals surface area contributed by atoms with Gasteiger partial charge in [-0.2, -0.15) is 12.4 Å². The summed E-state index contributed by atoms with van der Waals surface area (Å²) in [7, 11) is -4.49. The van der Waals surface area contributed by atoms with Crippen molar-refractivity contribution in [1.82, 2.24) is 13.9 Å². The Balaban J connectivity index is 2.95. The Morgan fingerprint density at radius 1 is 1.40 bits per heavy atom. The van der Waals surface area contributed by atoms with Gasteiger partial charge >= 0.3 is 10.3 Å². The van der Waals surface area contributed by atoms with E-state index in [0.717, 1.165) is 0 Å². The lowest BCUT2D eigenvalue weighted by Gasteiger charge is -1.99. The Morgan fingerprint density at radius 3 is 2.67 bits per heavy atom. The monoisotopic (exact) mass is 292 g/mol. The van der Waals surface area contributed by atoms with Gasteiger partial charge in [-0.05, 0) is 28.1 Å². The highest BCUT2D eigenvalue weighted by Crippen LogP contribution is 2.19. The molecule has 0 radical (unpaired) electrons. The van der Waals surface area contributed by atoms with E-state index < -0.39 is 10.3 Å². The second-order valence-electron chi connectivity index (χ2n) is 2.69. The normalized spacial score (nSPS) is 12.1. The largest absolute Gasteiger partial charge is 0.368 e. The van der Waals surface area contributed by atoms with Crippen molar-refractivity contribution in [3.8, 4) is 0 Å². The minimum atomic E-state index is -4.49. The summed E-state index contributed by atoms with van der Waals surface area (Å²) in [6.45, 7) is 0. The number of imidazole rings is 1. The molecule has 0 aliphatic rings. The summed E-state index contributed by atoms with van der Waals surface area (Å²) >= 11 is 3.07. The molecule has 15 heavy (non-hydrogen) atoms. The van der Waals surface area contributed by atoms with Crippen LogP contribution in [0.2, 0.25) is 0 Å². The van der Waals surface area contributed by atoms with Crippen molar-refractivity contribution in [3.63, 3.8) is 0 Å². The van der Waals surface area contributed by atoms with E-state index >= 15 is 0 Å². The van der Waals surface area contributed by atoms with E-state index in [0.29, 0.717) is 8.58 Å². The fraction of sp³-hybridized carbons (Fsp3) is 0. The molecule has 7 nitrogen and oxygen atoms in total. The summed E-state index contributed by atoms with van der Waals surface area (Å²) < 4.78 is 31.8. The molecule has 0 aromatic carbocycles. The van der Waals surface area contributed by atoms with Gasteiger partial charge in [0.1, 0.15) is 10.1 Å². The molecule has 0 saturated heterocycles. The molecule has 0 aliphatic carbocycles. The van der Waals surface area contributed by atoms with Crippen LogP contribution in [0.15, 0.2) is 16.7 Å². The highest BCUT2D eigenvalue weighted by atomic mass is 79.9. The molecular weight excluding hydrogens is 288 g/mol. The smallest absolute Gasteiger partial charge is 0.368 e. The number of hydrogen-bond acceptors (Lipinski definition) is 5. The second-order valence-corrected chi connectivity index (χ2v) is 4.76. The van der Waals surface area contributed by atoms with E-state index in [1.165, 1.54) is 6.07 Å². The summed E-state index contributed by atoms with van der Waals surface area (Å²) in [5.74, 6) is -0.335. The van der Waals surface area contributed by atoms with Gasteiger partial charge in [-0.25, -0.2) is 9.97 Å². The van der Waals surface area contributed by atoms with Crippen molar-refractivity contribution >= 4 is 43.3 Å². The Labute approximate surface area is 92.9 Å². The van der Waals surface area contributed by atoms with Crippen LogP contribution in [0.5, 0.6) is 0 Å². The van der Waals surface area contributed by atoms with Crippen molar-refractivity contribution in [1.29, 1.82) is 0 Å². The highest BCUT2D eigenvalue weighted by Gasteiger charge is 2.19. The van der Waals surface area contributed by atoms with Gasteiger partial charge in [0.25, 0.3) is 0 Å². The van der Waals surface area contributed by atoms with E-state index in [1.807, 2.05) is 0 Å². The topological polar surface area (TPSA) is 111 Å². The summed E-state index contributed by atoms with van der Waals surface area (Å²) in [6, 6.07) is 3.12. The molecule has 0 atom stereocenters. The van der Waals surface area contributed by atoms with Crippen LogP contribution in [-0.2, 0) is 10.3 Å². The molecule has 2 aromatic rings. The van der Waals surface area contributed by atoms with Crippen molar-refractivity contribution in [2.45, 2.75) is 0 Å². The lowest BCUT2D eigenvalue weighted by atomic mass is 10.4. The first-order valence-corrected chi connectivity index (χ1v) is 5.87. The molecular formula is C6H5BrN4O3S. The maximum absolute atomic E-state index is 11.0. The number of aromatic nitrogens is 3. The first kappa shape index (κ1) is 10.3. The first-order valence-electron chi connectivity index (χ1n) is 3.68. The Bertz CT molecular complexity index is 635. The highest BCUT2D eigenvalue weighted by molar-refractivity contribution is 9.10. The van der Waals surface area contributed by atoms with Crippen molar-refractivity contribution in [3.05, 3.63) is 16.7 Å². The predicted molar refractivity (Wildman–Crippen MR) is 56.6 cm³/mol. The number of anilines is 1. The fourth-order valence-corrected chi connectivity index (χ4v) is 2.09. The molecule has 2 heterocycles. The molecule has 0 saturated carbocycles.